The molecule has 3 heteroatoms. The second kappa shape index (κ2) is 3.44. The predicted octanol–water partition coefficient (Wildman–Crippen LogP) is 1.71. The Kier molecular flexibility index (Phi) is 2.73. The molecular formula is C9H17NO2. The summed E-state index contributed by atoms with van der Waals surface area (Å²) in [6, 6.07) is 0. The van der Waals surface area contributed by atoms with Gasteiger partial charge in [-0.25, -0.2) is 5.48 Å². The molecule has 0 bridgehead atoms. The van der Waals surface area contributed by atoms with Crippen LogP contribution in [0.15, 0.2) is 0 Å². The third-order valence-electron chi connectivity index (χ3n) is 3.34. The first-order valence-electron chi connectivity index (χ1n) is 4.61. The van der Waals surface area contributed by atoms with E-state index in [1.54, 1.807) is 5.48 Å². The fourth-order valence-corrected chi connectivity index (χ4v) is 2.09. The maximum Gasteiger partial charge on any atom is 0.246 e. The lowest BCUT2D eigenvalue weighted by molar-refractivity contribution is -0.141. The maximum absolute atomic E-state index is 11.0. The van der Waals surface area contributed by atoms with E-state index < -0.39 is 0 Å². The zero-order chi connectivity index (χ0) is 9.19. The van der Waals surface area contributed by atoms with Crippen LogP contribution < -0.4 is 5.48 Å². The SMILES string of the molecule is CCC1(CC)CC(C(=O)NO)C1. The number of rotatable bonds is 3. The first-order chi connectivity index (χ1) is 5.67. The van der Waals surface area contributed by atoms with Crippen LogP contribution in [0.3, 0.4) is 0 Å². The fourth-order valence-electron chi connectivity index (χ4n) is 2.09. The second-order valence-electron chi connectivity index (χ2n) is 3.79. The maximum atomic E-state index is 11.0. The molecule has 1 fully saturated rings. The molecule has 0 heterocycles. The summed E-state index contributed by atoms with van der Waals surface area (Å²) in [6.45, 7) is 4.33. The van der Waals surface area contributed by atoms with Gasteiger partial charge < -0.3 is 0 Å². The van der Waals surface area contributed by atoms with Gasteiger partial charge in [0.05, 0.1) is 0 Å². The van der Waals surface area contributed by atoms with Gasteiger partial charge in [-0.05, 0) is 18.3 Å². The molecule has 0 saturated heterocycles. The van der Waals surface area contributed by atoms with E-state index in [2.05, 4.69) is 13.8 Å². The molecule has 2 N–H and O–H groups in total. The van der Waals surface area contributed by atoms with Gasteiger partial charge in [0.1, 0.15) is 0 Å². The third kappa shape index (κ3) is 1.46. The minimum Gasteiger partial charge on any atom is -0.289 e. The predicted molar refractivity (Wildman–Crippen MR) is 45.7 cm³/mol. The van der Waals surface area contributed by atoms with Crippen molar-refractivity contribution in [3.8, 4) is 0 Å². The zero-order valence-corrected chi connectivity index (χ0v) is 7.76. The quantitative estimate of drug-likeness (QED) is 0.501. The Labute approximate surface area is 73.1 Å². The molecule has 1 saturated carbocycles. The van der Waals surface area contributed by atoms with E-state index in [0.29, 0.717) is 5.41 Å². The van der Waals surface area contributed by atoms with Crippen LogP contribution in [0.4, 0.5) is 0 Å². The number of hydrogen-bond acceptors (Lipinski definition) is 2. The molecule has 0 atom stereocenters. The average Bonchev–Trinajstić information content (AvgIpc) is 2.04. The molecule has 0 aromatic rings. The van der Waals surface area contributed by atoms with Crippen LogP contribution in [0.5, 0.6) is 0 Å². The number of hydroxylamine groups is 1. The van der Waals surface area contributed by atoms with Crippen molar-refractivity contribution in [2.45, 2.75) is 39.5 Å². The topological polar surface area (TPSA) is 49.3 Å². The lowest BCUT2D eigenvalue weighted by Gasteiger charge is -2.45. The van der Waals surface area contributed by atoms with Crippen molar-refractivity contribution in [3.63, 3.8) is 0 Å². The van der Waals surface area contributed by atoms with Gasteiger partial charge in [0.25, 0.3) is 0 Å². The smallest absolute Gasteiger partial charge is 0.246 e. The number of carbonyl (C=O) groups excluding carboxylic acids is 1. The molecule has 1 rings (SSSR count). The van der Waals surface area contributed by atoms with Crippen molar-refractivity contribution >= 4 is 5.91 Å². The summed E-state index contributed by atoms with van der Waals surface area (Å²) in [7, 11) is 0. The molecule has 1 amide bonds. The van der Waals surface area contributed by atoms with Gasteiger partial charge >= 0.3 is 0 Å². The standard InChI is InChI=1S/C9H17NO2/c1-3-9(4-2)5-7(6-9)8(11)10-12/h7,12H,3-6H2,1-2H3,(H,10,11). The van der Waals surface area contributed by atoms with Crippen molar-refractivity contribution < 1.29 is 10.0 Å². The van der Waals surface area contributed by atoms with Crippen molar-refractivity contribution in [2.75, 3.05) is 0 Å². The Morgan fingerprint density at radius 3 is 2.33 bits per heavy atom. The van der Waals surface area contributed by atoms with Crippen molar-refractivity contribution in [3.05, 3.63) is 0 Å². The zero-order valence-electron chi connectivity index (χ0n) is 7.76. The van der Waals surface area contributed by atoms with E-state index in [4.69, 9.17) is 5.21 Å². The van der Waals surface area contributed by atoms with Gasteiger partial charge in [0.2, 0.25) is 5.91 Å². The molecule has 0 aromatic heterocycles. The van der Waals surface area contributed by atoms with Crippen molar-refractivity contribution in [2.24, 2.45) is 11.3 Å². The molecule has 3 nitrogen and oxygen atoms in total. The minimum atomic E-state index is -0.215. The van der Waals surface area contributed by atoms with Crippen LogP contribution in [-0.4, -0.2) is 11.1 Å². The minimum absolute atomic E-state index is 0.0508. The largest absolute Gasteiger partial charge is 0.289 e. The normalized spacial score (nSPS) is 21.6. The van der Waals surface area contributed by atoms with Gasteiger partial charge in [-0.1, -0.05) is 26.7 Å². The summed E-state index contributed by atoms with van der Waals surface area (Å²) in [6.07, 6.45) is 4.15. The molecule has 70 valence electrons. The number of nitrogens with one attached hydrogen (secondary N) is 1. The monoisotopic (exact) mass is 171 g/mol. The molecule has 0 spiro atoms. The number of carbonyl (C=O) groups is 1. The average molecular weight is 171 g/mol. The summed E-state index contributed by atoms with van der Waals surface area (Å²) in [5.41, 5.74) is 2.10. The summed E-state index contributed by atoms with van der Waals surface area (Å²) < 4.78 is 0. The van der Waals surface area contributed by atoms with E-state index in [0.717, 1.165) is 25.7 Å². The lowest BCUT2D eigenvalue weighted by atomic mass is 9.59. The molecular weight excluding hydrogens is 154 g/mol. The first kappa shape index (κ1) is 9.52. The van der Waals surface area contributed by atoms with Crippen LogP contribution in [-0.2, 0) is 4.79 Å². The summed E-state index contributed by atoms with van der Waals surface area (Å²) >= 11 is 0. The third-order valence-corrected chi connectivity index (χ3v) is 3.34. The van der Waals surface area contributed by atoms with Gasteiger partial charge in [0.15, 0.2) is 0 Å². The van der Waals surface area contributed by atoms with E-state index in [1.165, 1.54) is 0 Å². The Morgan fingerprint density at radius 1 is 1.50 bits per heavy atom. The van der Waals surface area contributed by atoms with Gasteiger partial charge in [0, 0.05) is 5.92 Å². The Hall–Kier alpha value is -0.570. The summed E-state index contributed by atoms with van der Waals surface area (Å²) in [5, 5.41) is 8.39. The van der Waals surface area contributed by atoms with Gasteiger partial charge in [-0.3, -0.25) is 10.0 Å². The molecule has 1 aliphatic carbocycles. The molecule has 12 heavy (non-hydrogen) atoms. The van der Waals surface area contributed by atoms with E-state index >= 15 is 0 Å². The van der Waals surface area contributed by atoms with E-state index in [-0.39, 0.29) is 11.8 Å². The van der Waals surface area contributed by atoms with Gasteiger partial charge in [-0.15, -0.1) is 0 Å². The highest BCUT2D eigenvalue weighted by Gasteiger charge is 2.44. The van der Waals surface area contributed by atoms with Crippen LogP contribution in [0.2, 0.25) is 0 Å². The highest BCUT2D eigenvalue weighted by Crippen LogP contribution is 2.50. The van der Waals surface area contributed by atoms with Crippen LogP contribution >= 0.6 is 0 Å². The fraction of sp³-hybridized carbons (Fsp3) is 0.889. The van der Waals surface area contributed by atoms with Crippen LogP contribution in [0.1, 0.15) is 39.5 Å². The van der Waals surface area contributed by atoms with Gasteiger partial charge in [-0.2, -0.15) is 0 Å². The summed E-state index contributed by atoms with van der Waals surface area (Å²) in [4.78, 5) is 11.0. The Balaban J connectivity index is 2.40. The Morgan fingerprint density at radius 2 is 2.00 bits per heavy atom. The molecule has 0 unspecified atom stereocenters. The summed E-state index contributed by atoms with van der Waals surface area (Å²) in [5.74, 6) is -0.164. The highest BCUT2D eigenvalue weighted by atomic mass is 16.5. The molecule has 1 aliphatic rings. The second-order valence-corrected chi connectivity index (χ2v) is 3.79. The lowest BCUT2D eigenvalue weighted by Crippen LogP contribution is -2.44. The molecule has 0 aliphatic heterocycles. The van der Waals surface area contributed by atoms with E-state index in [1.807, 2.05) is 0 Å². The van der Waals surface area contributed by atoms with E-state index in [9.17, 15) is 4.79 Å². The van der Waals surface area contributed by atoms with Crippen LogP contribution in [0, 0.1) is 11.3 Å². The molecule has 0 aromatic carbocycles. The number of hydrogen-bond donors (Lipinski definition) is 2. The Bertz CT molecular complexity index is 167. The van der Waals surface area contributed by atoms with Crippen molar-refractivity contribution in [1.82, 2.24) is 5.48 Å². The van der Waals surface area contributed by atoms with Crippen molar-refractivity contribution in [1.29, 1.82) is 0 Å². The van der Waals surface area contributed by atoms with Crippen LogP contribution in [0.25, 0.3) is 0 Å². The first-order valence-corrected chi connectivity index (χ1v) is 4.61. The highest BCUT2D eigenvalue weighted by molar-refractivity contribution is 5.78. The number of amides is 1. The molecule has 0 radical (unpaired) electrons.